The van der Waals surface area contributed by atoms with Crippen LogP contribution in [-0.2, 0) is 24.5 Å². The standard InChI is InChI=1S/C14H15NO3S/c16-9-13-7-6-12(19-13)8-15-14(17)18-10-11-4-2-1-3-5-11/h1-7,16H,8-10H2,(H,15,17). The highest BCUT2D eigenvalue weighted by atomic mass is 32.1. The van der Waals surface area contributed by atoms with Crippen LogP contribution in [-0.4, -0.2) is 11.2 Å². The van der Waals surface area contributed by atoms with Crippen molar-refractivity contribution in [1.29, 1.82) is 0 Å². The van der Waals surface area contributed by atoms with Crippen molar-refractivity contribution >= 4 is 17.4 Å². The van der Waals surface area contributed by atoms with Crippen LogP contribution in [0.4, 0.5) is 4.79 Å². The van der Waals surface area contributed by atoms with E-state index < -0.39 is 6.09 Å². The van der Waals surface area contributed by atoms with Crippen LogP contribution in [0.3, 0.4) is 0 Å². The van der Waals surface area contributed by atoms with Gasteiger partial charge < -0.3 is 15.2 Å². The zero-order valence-electron chi connectivity index (χ0n) is 10.3. The van der Waals surface area contributed by atoms with E-state index in [0.29, 0.717) is 6.54 Å². The first-order valence-electron chi connectivity index (χ1n) is 5.91. The van der Waals surface area contributed by atoms with Crippen LogP contribution >= 0.6 is 11.3 Å². The van der Waals surface area contributed by atoms with E-state index in [0.717, 1.165) is 15.3 Å². The van der Waals surface area contributed by atoms with Gasteiger partial charge in [0.05, 0.1) is 13.2 Å². The third-order valence-corrected chi connectivity index (χ3v) is 3.56. The Kier molecular flexibility index (Phi) is 4.94. The van der Waals surface area contributed by atoms with Gasteiger partial charge in [-0.25, -0.2) is 4.79 Å². The number of thiophene rings is 1. The molecule has 1 aromatic heterocycles. The first kappa shape index (κ1) is 13.6. The molecule has 0 radical (unpaired) electrons. The molecule has 1 amide bonds. The number of carbonyl (C=O) groups is 1. The minimum absolute atomic E-state index is 0.0309. The van der Waals surface area contributed by atoms with E-state index >= 15 is 0 Å². The molecule has 0 saturated carbocycles. The second kappa shape index (κ2) is 6.92. The van der Waals surface area contributed by atoms with Gasteiger partial charge in [-0.2, -0.15) is 0 Å². The Labute approximate surface area is 115 Å². The van der Waals surface area contributed by atoms with Crippen molar-refractivity contribution in [2.24, 2.45) is 0 Å². The van der Waals surface area contributed by atoms with E-state index in [-0.39, 0.29) is 13.2 Å². The van der Waals surface area contributed by atoms with Crippen molar-refractivity contribution < 1.29 is 14.6 Å². The maximum atomic E-state index is 11.5. The monoisotopic (exact) mass is 277 g/mol. The molecule has 5 heteroatoms. The van der Waals surface area contributed by atoms with Gasteiger partial charge in [0.25, 0.3) is 0 Å². The smallest absolute Gasteiger partial charge is 0.407 e. The van der Waals surface area contributed by atoms with Gasteiger partial charge >= 0.3 is 6.09 Å². The number of ether oxygens (including phenoxy) is 1. The molecule has 2 aromatic rings. The third kappa shape index (κ3) is 4.39. The zero-order valence-corrected chi connectivity index (χ0v) is 11.2. The number of amides is 1. The Morgan fingerprint density at radius 1 is 1.16 bits per heavy atom. The summed E-state index contributed by atoms with van der Waals surface area (Å²) in [7, 11) is 0. The summed E-state index contributed by atoms with van der Waals surface area (Å²) < 4.78 is 5.09. The number of carbonyl (C=O) groups excluding carboxylic acids is 1. The highest BCUT2D eigenvalue weighted by molar-refractivity contribution is 7.11. The van der Waals surface area contributed by atoms with Gasteiger partial charge in [0.1, 0.15) is 6.61 Å². The molecule has 0 saturated heterocycles. The summed E-state index contributed by atoms with van der Waals surface area (Å²) in [5, 5.41) is 11.6. The molecular formula is C14H15NO3S. The Balaban J connectivity index is 1.73. The van der Waals surface area contributed by atoms with Crippen LogP contribution in [0.15, 0.2) is 42.5 Å². The molecule has 0 aliphatic carbocycles. The summed E-state index contributed by atoms with van der Waals surface area (Å²) in [4.78, 5) is 13.4. The Bertz CT molecular complexity index is 524. The van der Waals surface area contributed by atoms with Crippen LogP contribution < -0.4 is 5.32 Å². The maximum Gasteiger partial charge on any atom is 0.407 e. The fourth-order valence-corrected chi connectivity index (χ4v) is 2.35. The second-order valence-corrected chi connectivity index (χ2v) is 5.19. The zero-order chi connectivity index (χ0) is 13.5. The molecule has 1 heterocycles. The quantitative estimate of drug-likeness (QED) is 0.883. The number of aliphatic hydroxyl groups is 1. The molecule has 0 unspecified atom stereocenters. The second-order valence-electron chi connectivity index (χ2n) is 3.94. The van der Waals surface area contributed by atoms with E-state index in [1.54, 1.807) is 0 Å². The van der Waals surface area contributed by atoms with Crippen LogP contribution in [0.1, 0.15) is 15.3 Å². The lowest BCUT2D eigenvalue weighted by Gasteiger charge is -2.06. The lowest BCUT2D eigenvalue weighted by atomic mass is 10.2. The normalized spacial score (nSPS) is 10.2. The molecule has 0 spiro atoms. The topological polar surface area (TPSA) is 58.6 Å². The maximum absolute atomic E-state index is 11.5. The summed E-state index contributed by atoms with van der Waals surface area (Å²) in [5.74, 6) is 0. The van der Waals surface area contributed by atoms with E-state index in [1.165, 1.54) is 11.3 Å². The fraction of sp³-hybridized carbons (Fsp3) is 0.214. The summed E-state index contributed by atoms with van der Waals surface area (Å²) in [6.45, 7) is 0.709. The molecule has 19 heavy (non-hydrogen) atoms. The first-order chi connectivity index (χ1) is 9.28. The molecule has 100 valence electrons. The molecule has 0 fully saturated rings. The molecular weight excluding hydrogens is 262 g/mol. The largest absolute Gasteiger partial charge is 0.445 e. The molecule has 0 aliphatic heterocycles. The van der Waals surface area contributed by atoms with Crippen LogP contribution in [0.25, 0.3) is 0 Å². The van der Waals surface area contributed by atoms with Crippen molar-refractivity contribution in [1.82, 2.24) is 5.32 Å². The number of rotatable bonds is 5. The third-order valence-electron chi connectivity index (χ3n) is 2.49. The SMILES string of the molecule is O=C(NCc1ccc(CO)s1)OCc1ccccc1. The molecule has 2 rings (SSSR count). The average molecular weight is 277 g/mol. The van der Waals surface area contributed by atoms with Crippen molar-refractivity contribution in [2.75, 3.05) is 0 Å². The lowest BCUT2D eigenvalue weighted by molar-refractivity contribution is 0.139. The minimum Gasteiger partial charge on any atom is -0.445 e. The van der Waals surface area contributed by atoms with Crippen LogP contribution in [0.2, 0.25) is 0 Å². The van der Waals surface area contributed by atoms with E-state index in [9.17, 15) is 4.79 Å². The highest BCUT2D eigenvalue weighted by Crippen LogP contribution is 2.15. The van der Waals surface area contributed by atoms with E-state index in [1.807, 2.05) is 42.5 Å². The van der Waals surface area contributed by atoms with Gasteiger partial charge in [-0.15, -0.1) is 11.3 Å². The van der Waals surface area contributed by atoms with Crippen LogP contribution in [0.5, 0.6) is 0 Å². The number of benzene rings is 1. The summed E-state index contributed by atoms with van der Waals surface area (Å²) in [5.41, 5.74) is 0.955. The fourth-order valence-electron chi connectivity index (χ4n) is 1.54. The minimum atomic E-state index is -0.442. The summed E-state index contributed by atoms with van der Waals surface area (Å²) in [6.07, 6.45) is -0.442. The van der Waals surface area contributed by atoms with Crippen molar-refractivity contribution in [3.05, 3.63) is 57.8 Å². The van der Waals surface area contributed by atoms with Crippen molar-refractivity contribution in [2.45, 2.75) is 19.8 Å². The molecule has 4 nitrogen and oxygen atoms in total. The molecule has 0 bridgehead atoms. The highest BCUT2D eigenvalue weighted by Gasteiger charge is 2.04. The molecule has 0 atom stereocenters. The lowest BCUT2D eigenvalue weighted by Crippen LogP contribution is -2.23. The number of hydrogen-bond donors (Lipinski definition) is 2. The predicted octanol–water partition coefficient (Wildman–Crippen LogP) is 2.67. The van der Waals surface area contributed by atoms with Gasteiger partial charge in [0.2, 0.25) is 0 Å². The number of nitrogens with one attached hydrogen (secondary N) is 1. The van der Waals surface area contributed by atoms with Crippen molar-refractivity contribution in [3.63, 3.8) is 0 Å². The predicted molar refractivity (Wildman–Crippen MR) is 73.7 cm³/mol. The van der Waals surface area contributed by atoms with Gasteiger partial charge in [-0.3, -0.25) is 0 Å². The molecule has 1 aromatic carbocycles. The van der Waals surface area contributed by atoms with Crippen LogP contribution in [0, 0.1) is 0 Å². The Morgan fingerprint density at radius 2 is 1.89 bits per heavy atom. The molecule has 0 aliphatic rings. The van der Waals surface area contributed by atoms with Gasteiger partial charge in [0.15, 0.2) is 0 Å². The Hall–Kier alpha value is -1.85. The number of alkyl carbamates (subject to hydrolysis) is 1. The van der Waals surface area contributed by atoms with E-state index in [2.05, 4.69) is 5.32 Å². The summed E-state index contributed by atoms with van der Waals surface area (Å²) >= 11 is 1.47. The first-order valence-corrected chi connectivity index (χ1v) is 6.72. The van der Waals surface area contributed by atoms with Gasteiger partial charge in [-0.05, 0) is 17.7 Å². The summed E-state index contributed by atoms with van der Waals surface area (Å²) in [6, 6.07) is 13.3. The van der Waals surface area contributed by atoms with Gasteiger partial charge in [-0.1, -0.05) is 30.3 Å². The van der Waals surface area contributed by atoms with Gasteiger partial charge in [0, 0.05) is 9.75 Å². The average Bonchev–Trinajstić information content (AvgIpc) is 2.92. The number of hydrogen-bond acceptors (Lipinski definition) is 4. The van der Waals surface area contributed by atoms with Crippen molar-refractivity contribution in [3.8, 4) is 0 Å². The Morgan fingerprint density at radius 3 is 2.58 bits per heavy atom. The molecule has 2 N–H and O–H groups in total. The number of aliphatic hydroxyl groups excluding tert-OH is 1. The van der Waals surface area contributed by atoms with E-state index in [4.69, 9.17) is 9.84 Å².